The highest BCUT2D eigenvalue weighted by Crippen LogP contribution is 2.37. The highest BCUT2D eigenvalue weighted by molar-refractivity contribution is 7.88. The summed E-state index contributed by atoms with van der Waals surface area (Å²) >= 11 is 0. The van der Waals surface area contributed by atoms with Gasteiger partial charge in [0.1, 0.15) is 12.1 Å². The summed E-state index contributed by atoms with van der Waals surface area (Å²) in [5.74, 6) is -0.368. The normalized spacial score (nSPS) is 23.1. The molecule has 8 nitrogen and oxygen atoms in total. The maximum Gasteiger partial charge on any atom is 0.573 e. The molecule has 0 amide bonds. The highest BCUT2D eigenvalue weighted by atomic mass is 32.2. The third-order valence-corrected chi connectivity index (χ3v) is 7.59. The molecular formula is C24H31F4N5O3S. The summed E-state index contributed by atoms with van der Waals surface area (Å²) in [6.07, 6.45) is 3.19. The molecule has 1 aromatic carbocycles. The van der Waals surface area contributed by atoms with Crippen molar-refractivity contribution in [2.45, 2.75) is 63.4 Å². The van der Waals surface area contributed by atoms with Gasteiger partial charge < -0.3 is 15.0 Å². The van der Waals surface area contributed by atoms with E-state index in [2.05, 4.69) is 24.7 Å². The fraction of sp³-hybridized carbons (Fsp3) is 0.583. The molecule has 1 atom stereocenters. The standard InChI is InChI=1S/C24H31F4N5O3S/c1-37(34,35)32-18-9-5-16(6-10-18)14-29-22-21(25)23(31-15-30-22)33-13-3-2-4-20(33)17-7-11-19(12-8-17)36-24(26,27)28/h7-8,11-12,15-16,18,20,32H,2-6,9-10,13-14H2,1H3,(H,29,30,31). The fourth-order valence-electron chi connectivity index (χ4n) is 5.14. The van der Waals surface area contributed by atoms with Crippen LogP contribution in [0.15, 0.2) is 30.6 Å². The van der Waals surface area contributed by atoms with E-state index in [1.54, 1.807) is 12.1 Å². The SMILES string of the molecule is CS(=O)(=O)NC1CCC(CNc2ncnc(N3CCCCC3c3ccc(OC(F)(F)F)cc3)c2F)CC1. The number of nitrogens with zero attached hydrogens (tertiary/aromatic N) is 3. The quantitative estimate of drug-likeness (QED) is 0.462. The number of aromatic nitrogens is 2. The number of sulfonamides is 1. The van der Waals surface area contributed by atoms with E-state index < -0.39 is 22.2 Å². The lowest BCUT2D eigenvalue weighted by Crippen LogP contribution is -2.38. The lowest BCUT2D eigenvalue weighted by molar-refractivity contribution is -0.274. The van der Waals surface area contributed by atoms with Crippen LogP contribution < -0.4 is 19.7 Å². The van der Waals surface area contributed by atoms with Gasteiger partial charge in [-0.3, -0.25) is 0 Å². The van der Waals surface area contributed by atoms with E-state index in [1.807, 2.05) is 4.90 Å². The van der Waals surface area contributed by atoms with Gasteiger partial charge in [0.15, 0.2) is 11.6 Å². The number of anilines is 2. The monoisotopic (exact) mass is 545 g/mol. The number of alkyl halides is 3. The minimum absolute atomic E-state index is 0.0706. The van der Waals surface area contributed by atoms with E-state index in [9.17, 15) is 21.6 Å². The Balaban J connectivity index is 1.42. The summed E-state index contributed by atoms with van der Waals surface area (Å²) in [6.45, 7) is 1.05. The summed E-state index contributed by atoms with van der Waals surface area (Å²) in [7, 11) is -3.24. The van der Waals surface area contributed by atoms with Crippen molar-refractivity contribution in [1.82, 2.24) is 14.7 Å². The molecular weight excluding hydrogens is 514 g/mol. The molecule has 1 saturated carbocycles. The summed E-state index contributed by atoms with van der Waals surface area (Å²) in [5.41, 5.74) is 0.751. The third-order valence-electron chi connectivity index (χ3n) is 6.83. The van der Waals surface area contributed by atoms with Gasteiger partial charge in [0.05, 0.1) is 12.3 Å². The fourth-order valence-corrected chi connectivity index (χ4v) is 5.98. The largest absolute Gasteiger partial charge is 0.573 e. The molecule has 204 valence electrons. The Labute approximate surface area is 213 Å². The van der Waals surface area contributed by atoms with Crippen molar-refractivity contribution in [3.8, 4) is 5.75 Å². The van der Waals surface area contributed by atoms with E-state index in [0.717, 1.165) is 50.3 Å². The Morgan fingerprint density at radius 1 is 1.05 bits per heavy atom. The van der Waals surface area contributed by atoms with Crippen LogP contribution in [0.3, 0.4) is 0 Å². The number of halogens is 4. The number of hydrogen-bond donors (Lipinski definition) is 2. The maximum atomic E-state index is 15.5. The minimum Gasteiger partial charge on any atom is -0.406 e. The van der Waals surface area contributed by atoms with Crippen molar-refractivity contribution in [3.05, 3.63) is 42.0 Å². The Hall–Kier alpha value is -2.67. The molecule has 13 heteroatoms. The van der Waals surface area contributed by atoms with E-state index in [-0.39, 0.29) is 35.4 Å². The summed E-state index contributed by atoms with van der Waals surface area (Å²) in [6, 6.07) is 5.34. The van der Waals surface area contributed by atoms with Gasteiger partial charge in [-0.15, -0.1) is 13.2 Å². The summed E-state index contributed by atoms with van der Waals surface area (Å²) in [4.78, 5) is 10.1. The van der Waals surface area contributed by atoms with Crippen LogP contribution in [-0.4, -0.2) is 50.1 Å². The van der Waals surface area contributed by atoms with Crippen molar-refractivity contribution in [2.24, 2.45) is 5.92 Å². The zero-order chi connectivity index (χ0) is 26.6. The van der Waals surface area contributed by atoms with Crippen molar-refractivity contribution in [2.75, 3.05) is 29.6 Å². The molecule has 4 rings (SSSR count). The highest BCUT2D eigenvalue weighted by Gasteiger charge is 2.32. The lowest BCUT2D eigenvalue weighted by atomic mass is 9.86. The molecule has 1 saturated heterocycles. The molecule has 1 unspecified atom stereocenters. The molecule has 37 heavy (non-hydrogen) atoms. The Bertz CT molecular complexity index is 1160. The number of rotatable bonds is 8. The molecule has 1 aromatic heterocycles. The summed E-state index contributed by atoms with van der Waals surface area (Å²) in [5, 5.41) is 3.09. The molecule has 1 aliphatic carbocycles. The number of benzene rings is 1. The average molecular weight is 546 g/mol. The second kappa shape index (κ2) is 11.4. The zero-order valence-corrected chi connectivity index (χ0v) is 21.3. The first kappa shape index (κ1) is 27.4. The van der Waals surface area contributed by atoms with Crippen LogP contribution in [0.4, 0.5) is 29.2 Å². The Kier molecular flexibility index (Phi) is 8.42. The van der Waals surface area contributed by atoms with Crippen molar-refractivity contribution in [3.63, 3.8) is 0 Å². The van der Waals surface area contributed by atoms with Gasteiger partial charge in [-0.2, -0.15) is 4.39 Å². The topological polar surface area (TPSA) is 96.5 Å². The van der Waals surface area contributed by atoms with Gasteiger partial charge in [0, 0.05) is 19.1 Å². The van der Waals surface area contributed by atoms with Crippen molar-refractivity contribution < 1.29 is 30.7 Å². The van der Waals surface area contributed by atoms with E-state index in [1.165, 1.54) is 18.5 Å². The van der Waals surface area contributed by atoms with Crippen LogP contribution in [0.2, 0.25) is 0 Å². The molecule has 0 radical (unpaired) electrons. The minimum atomic E-state index is -4.77. The first-order chi connectivity index (χ1) is 17.5. The molecule has 2 N–H and O–H groups in total. The first-order valence-electron chi connectivity index (χ1n) is 12.3. The Morgan fingerprint density at radius 2 is 1.76 bits per heavy atom. The van der Waals surface area contributed by atoms with E-state index in [4.69, 9.17) is 0 Å². The first-order valence-corrected chi connectivity index (χ1v) is 14.2. The second-order valence-electron chi connectivity index (χ2n) is 9.67. The van der Waals surface area contributed by atoms with Crippen LogP contribution in [-0.2, 0) is 10.0 Å². The van der Waals surface area contributed by atoms with Gasteiger partial charge in [-0.1, -0.05) is 12.1 Å². The van der Waals surface area contributed by atoms with Crippen LogP contribution in [0, 0.1) is 11.7 Å². The van der Waals surface area contributed by atoms with Crippen LogP contribution in [0.1, 0.15) is 56.6 Å². The van der Waals surface area contributed by atoms with Crippen LogP contribution in [0.5, 0.6) is 5.75 Å². The predicted octanol–water partition coefficient (Wildman–Crippen LogP) is 4.77. The summed E-state index contributed by atoms with van der Waals surface area (Å²) < 4.78 is 82.5. The molecule has 2 fully saturated rings. The number of nitrogens with one attached hydrogen (secondary N) is 2. The van der Waals surface area contributed by atoms with E-state index >= 15 is 4.39 Å². The molecule has 0 spiro atoms. The molecule has 1 aliphatic heterocycles. The van der Waals surface area contributed by atoms with Gasteiger partial charge >= 0.3 is 6.36 Å². The molecule has 2 heterocycles. The van der Waals surface area contributed by atoms with E-state index in [0.29, 0.717) is 19.5 Å². The number of piperidine rings is 1. The molecule has 0 bridgehead atoms. The number of ether oxygens (including phenoxy) is 1. The van der Waals surface area contributed by atoms with Gasteiger partial charge in [-0.25, -0.2) is 23.1 Å². The maximum absolute atomic E-state index is 15.5. The van der Waals surface area contributed by atoms with Crippen molar-refractivity contribution in [1.29, 1.82) is 0 Å². The predicted molar refractivity (Wildman–Crippen MR) is 131 cm³/mol. The van der Waals surface area contributed by atoms with Gasteiger partial charge in [0.2, 0.25) is 15.8 Å². The third kappa shape index (κ3) is 7.67. The van der Waals surface area contributed by atoms with Crippen LogP contribution >= 0.6 is 0 Å². The van der Waals surface area contributed by atoms with Crippen LogP contribution in [0.25, 0.3) is 0 Å². The second-order valence-corrected chi connectivity index (χ2v) is 11.5. The smallest absolute Gasteiger partial charge is 0.406 e. The number of hydrogen-bond acceptors (Lipinski definition) is 7. The lowest BCUT2D eigenvalue weighted by Gasteiger charge is -2.37. The van der Waals surface area contributed by atoms with Gasteiger partial charge in [-0.05, 0) is 68.6 Å². The molecule has 2 aromatic rings. The zero-order valence-electron chi connectivity index (χ0n) is 20.5. The Morgan fingerprint density at radius 3 is 2.41 bits per heavy atom. The van der Waals surface area contributed by atoms with Gasteiger partial charge in [0.25, 0.3) is 0 Å². The van der Waals surface area contributed by atoms with Crippen molar-refractivity contribution >= 4 is 21.7 Å². The molecule has 2 aliphatic rings. The average Bonchev–Trinajstić information content (AvgIpc) is 2.83.